The molecule has 0 fully saturated rings. The smallest absolute Gasteiger partial charge is 0.230 e. The fourth-order valence-electron chi connectivity index (χ4n) is 2.99. The first-order valence-electron chi connectivity index (χ1n) is 9.96. The van der Waals surface area contributed by atoms with Gasteiger partial charge in [-0.2, -0.15) is 0 Å². The van der Waals surface area contributed by atoms with Gasteiger partial charge < -0.3 is 14.6 Å². The Balaban J connectivity index is 1.54. The quantitative estimate of drug-likeness (QED) is 0.474. The number of nitrogens with one attached hydrogen (secondary N) is 1. The van der Waals surface area contributed by atoms with E-state index in [0.29, 0.717) is 24.1 Å². The van der Waals surface area contributed by atoms with Crippen LogP contribution in [0.15, 0.2) is 53.7 Å². The number of benzene rings is 2. The van der Waals surface area contributed by atoms with Crippen molar-refractivity contribution in [3.05, 3.63) is 71.6 Å². The molecule has 1 N–H and O–H groups in total. The van der Waals surface area contributed by atoms with Crippen molar-refractivity contribution >= 4 is 17.7 Å². The van der Waals surface area contributed by atoms with Gasteiger partial charge in [-0.25, -0.2) is 8.78 Å². The number of hydrogen-bond acceptors (Lipinski definition) is 5. The molecule has 0 saturated heterocycles. The summed E-state index contributed by atoms with van der Waals surface area (Å²) >= 11 is 1.27. The molecule has 0 bridgehead atoms. The minimum absolute atomic E-state index is 0.0634. The molecule has 31 heavy (non-hydrogen) atoms. The van der Waals surface area contributed by atoms with Gasteiger partial charge >= 0.3 is 0 Å². The van der Waals surface area contributed by atoms with Gasteiger partial charge in [0.15, 0.2) is 28.7 Å². The van der Waals surface area contributed by atoms with Gasteiger partial charge in [-0.05, 0) is 38.0 Å². The van der Waals surface area contributed by atoms with E-state index in [4.69, 9.17) is 4.74 Å². The highest BCUT2D eigenvalue weighted by atomic mass is 32.2. The Morgan fingerprint density at radius 3 is 2.68 bits per heavy atom. The Hall–Kier alpha value is -2.94. The fraction of sp³-hybridized carbons (Fsp3) is 0.318. The summed E-state index contributed by atoms with van der Waals surface area (Å²) in [6.07, 6.45) is 0.155. The molecule has 0 radical (unpaired) electrons. The van der Waals surface area contributed by atoms with Crippen molar-refractivity contribution in [2.45, 2.75) is 38.1 Å². The lowest BCUT2D eigenvalue weighted by molar-refractivity contribution is -0.118. The number of aromatic nitrogens is 3. The summed E-state index contributed by atoms with van der Waals surface area (Å²) in [7, 11) is 0. The van der Waals surface area contributed by atoms with Crippen LogP contribution in [0, 0.1) is 11.6 Å². The number of carbonyl (C=O) groups is 1. The van der Waals surface area contributed by atoms with E-state index < -0.39 is 17.7 Å². The fourth-order valence-corrected chi connectivity index (χ4v) is 3.83. The Labute approximate surface area is 184 Å². The number of ether oxygens (including phenoxy) is 1. The summed E-state index contributed by atoms with van der Waals surface area (Å²) in [5.74, 6) is -0.906. The summed E-state index contributed by atoms with van der Waals surface area (Å²) in [5.41, 5.74) is 1.16. The molecule has 6 nitrogen and oxygen atoms in total. The molecule has 9 heteroatoms. The molecule has 0 aliphatic rings. The zero-order valence-electron chi connectivity index (χ0n) is 17.3. The lowest BCUT2D eigenvalue weighted by Crippen LogP contribution is -2.27. The maximum absolute atomic E-state index is 13.9. The van der Waals surface area contributed by atoms with Crippen LogP contribution in [0.2, 0.25) is 0 Å². The zero-order chi connectivity index (χ0) is 22.2. The van der Waals surface area contributed by atoms with Gasteiger partial charge in [0.2, 0.25) is 5.91 Å². The molecular formula is C22H24F2N4O2S. The number of carbonyl (C=O) groups excluding carboxylic acids is 1. The van der Waals surface area contributed by atoms with Gasteiger partial charge in [-0.15, -0.1) is 10.2 Å². The standard InChI is InChI=1S/C22H24F2N4O2S/c1-3-28-21(15(2)30-19-10-9-17(23)13-18(19)24)26-27-22(28)31-14-20(29)25-12-11-16-7-5-4-6-8-16/h4-10,13,15H,3,11-12,14H2,1-2H3,(H,25,29). The van der Waals surface area contributed by atoms with E-state index in [1.165, 1.54) is 17.8 Å². The van der Waals surface area contributed by atoms with Crippen molar-refractivity contribution in [3.8, 4) is 5.75 Å². The summed E-state index contributed by atoms with van der Waals surface area (Å²) in [5, 5.41) is 11.8. The molecule has 3 rings (SSSR count). The Bertz CT molecular complexity index is 1010. The maximum atomic E-state index is 13.9. The minimum atomic E-state index is -0.781. The number of halogens is 2. The van der Waals surface area contributed by atoms with Crippen LogP contribution < -0.4 is 10.1 Å². The second kappa shape index (κ2) is 10.9. The van der Waals surface area contributed by atoms with Crippen LogP contribution in [0.3, 0.4) is 0 Å². The van der Waals surface area contributed by atoms with Crippen molar-refractivity contribution < 1.29 is 18.3 Å². The predicted molar refractivity (Wildman–Crippen MR) is 115 cm³/mol. The average Bonchev–Trinajstić information content (AvgIpc) is 3.18. The number of amides is 1. The van der Waals surface area contributed by atoms with Crippen LogP contribution in [0.1, 0.15) is 31.3 Å². The lowest BCUT2D eigenvalue weighted by atomic mass is 10.1. The topological polar surface area (TPSA) is 69.0 Å². The normalized spacial score (nSPS) is 11.9. The van der Waals surface area contributed by atoms with Crippen LogP contribution in [-0.2, 0) is 17.8 Å². The van der Waals surface area contributed by atoms with E-state index in [1.807, 2.05) is 41.8 Å². The monoisotopic (exact) mass is 446 g/mol. The second-order valence-electron chi connectivity index (χ2n) is 6.79. The Kier molecular flexibility index (Phi) is 8.00. The van der Waals surface area contributed by atoms with Gasteiger partial charge in [-0.1, -0.05) is 42.1 Å². The molecule has 0 aliphatic carbocycles. The molecule has 0 saturated carbocycles. The van der Waals surface area contributed by atoms with Crippen LogP contribution in [0.25, 0.3) is 0 Å². The van der Waals surface area contributed by atoms with Gasteiger partial charge in [0.1, 0.15) is 5.82 Å². The van der Waals surface area contributed by atoms with E-state index in [1.54, 1.807) is 6.92 Å². The lowest BCUT2D eigenvalue weighted by Gasteiger charge is -2.16. The van der Waals surface area contributed by atoms with E-state index in [9.17, 15) is 13.6 Å². The van der Waals surface area contributed by atoms with Crippen molar-refractivity contribution in [3.63, 3.8) is 0 Å². The molecule has 0 aliphatic heterocycles. The van der Waals surface area contributed by atoms with Crippen LogP contribution in [-0.4, -0.2) is 33.0 Å². The molecule has 1 aromatic heterocycles. The molecule has 1 unspecified atom stereocenters. The van der Waals surface area contributed by atoms with E-state index >= 15 is 0 Å². The highest BCUT2D eigenvalue weighted by molar-refractivity contribution is 7.99. The first kappa shape index (κ1) is 22.7. The zero-order valence-corrected chi connectivity index (χ0v) is 18.2. The van der Waals surface area contributed by atoms with Crippen LogP contribution >= 0.6 is 11.8 Å². The molecule has 0 spiro atoms. The first-order valence-corrected chi connectivity index (χ1v) is 10.9. The largest absolute Gasteiger partial charge is 0.480 e. The van der Waals surface area contributed by atoms with Crippen molar-refractivity contribution in [1.29, 1.82) is 0 Å². The maximum Gasteiger partial charge on any atom is 0.230 e. The van der Waals surface area contributed by atoms with E-state index in [-0.39, 0.29) is 17.4 Å². The molecule has 1 atom stereocenters. The SMILES string of the molecule is CCn1c(SCC(=O)NCCc2ccccc2)nnc1C(C)Oc1ccc(F)cc1F. The predicted octanol–water partition coefficient (Wildman–Crippen LogP) is 4.17. The molecule has 164 valence electrons. The van der Waals surface area contributed by atoms with Crippen molar-refractivity contribution in [2.24, 2.45) is 0 Å². The summed E-state index contributed by atoms with van der Waals surface area (Å²) in [6, 6.07) is 13.1. The third-order valence-electron chi connectivity index (χ3n) is 4.53. The highest BCUT2D eigenvalue weighted by Gasteiger charge is 2.20. The molecule has 2 aromatic carbocycles. The molecule has 3 aromatic rings. The van der Waals surface area contributed by atoms with Gasteiger partial charge in [0, 0.05) is 19.2 Å². The highest BCUT2D eigenvalue weighted by Crippen LogP contribution is 2.26. The van der Waals surface area contributed by atoms with Crippen LogP contribution in [0.5, 0.6) is 5.75 Å². The van der Waals surface area contributed by atoms with Crippen LogP contribution in [0.4, 0.5) is 8.78 Å². The second-order valence-corrected chi connectivity index (χ2v) is 7.74. The summed E-state index contributed by atoms with van der Waals surface area (Å²) in [4.78, 5) is 12.2. The Morgan fingerprint density at radius 2 is 1.97 bits per heavy atom. The number of thioether (sulfide) groups is 1. The Morgan fingerprint density at radius 1 is 1.19 bits per heavy atom. The molecule has 1 heterocycles. The minimum Gasteiger partial charge on any atom is -0.480 e. The van der Waals surface area contributed by atoms with Gasteiger partial charge in [0.25, 0.3) is 0 Å². The van der Waals surface area contributed by atoms with E-state index in [0.717, 1.165) is 24.1 Å². The summed E-state index contributed by atoms with van der Waals surface area (Å²) in [6.45, 7) is 4.74. The number of rotatable bonds is 10. The molecule has 1 amide bonds. The number of nitrogens with zero attached hydrogens (tertiary/aromatic N) is 3. The summed E-state index contributed by atoms with van der Waals surface area (Å²) < 4.78 is 34.4. The van der Waals surface area contributed by atoms with Gasteiger partial charge in [-0.3, -0.25) is 4.79 Å². The van der Waals surface area contributed by atoms with Crippen molar-refractivity contribution in [2.75, 3.05) is 12.3 Å². The third kappa shape index (κ3) is 6.27. The van der Waals surface area contributed by atoms with Gasteiger partial charge in [0.05, 0.1) is 5.75 Å². The first-order chi connectivity index (χ1) is 15.0. The molecular weight excluding hydrogens is 422 g/mol. The average molecular weight is 447 g/mol. The van der Waals surface area contributed by atoms with E-state index in [2.05, 4.69) is 15.5 Å². The van der Waals surface area contributed by atoms with Crippen molar-refractivity contribution in [1.82, 2.24) is 20.1 Å². The third-order valence-corrected chi connectivity index (χ3v) is 5.50. The number of hydrogen-bond donors (Lipinski definition) is 1.